The van der Waals surface area contributed by atoms with Crippen LogP contribution < -0.4 is 0 Å². The van der Waals surface area contributed by atoms with Crippen molar-refractivity contribution in [1.29, 1.82) is 0 Å². The van der Waals surface area contributed by atoms with Gasteiger partial charge in [-0.3, -0.25) is 0 Å². The topological polar surface area (TPSA) is 38.7 Å². The highest BCUT2D eigenvalue weighted by Crippen LogP contribution is 2.20. The first-order valence-corrected chi connectivity index (χ1v) is 6.16. The van der Waals surface area contributed by atoms with Gasteiger partial charge in [-0.1, -0.05) is 18.2 Å². The molecule has 0 amide bonds. The predicted molar refractivity (Wildman–Crippen MR) is 73.4 cm³/mol. The molecule has 1 aliphatic rings. The molecule has 0 aliphatic carbocycles. The molecule has 2 aromatic carbocycles. The average Bonchev–Trinajstić information content (AvgIpc) is 2.84. The molecule has 0 spiro atoms. The van der Waals surface area contributed by atoms with Crippen LogP contribution in [0, 0.1) is 11.6 Å². The largest absolute Gasteiger partial charge is 0.402 e. The van der Waals surface area contributed by atoms with Gasteiger partial charge in [-0.15, -0.1) is 0 Å². The minimum absolute atomic E-state index is 0.0284. The van der Waals surface area contributed by atoms with Gasteiger partial charge in [0.15, 0.2) is 5.70 Å². The monoisotopic (exact) mass is 285 g/mol. The summed E-state index contributed by atoms with van der Waals surface area (Å²) >= 11 is 0. The first-order chi connectivity index (χ1) is 10.1. The second-order valence-electron chi connectivity index (χ2n) is 4.37. The van der Waals surface area contributed by atoms with E-state index in [0.29, 0.717) is 5.56 Å². The van der Waals surface area contributed by atoms with E-state index in [2.05, 4.69) is 4.99 Å². The molecule has 0 radical (unpaired) electrons. The molecule has 0 unspecified atom stereocenters. The number of ether oxygens (including phenoxy) is 1. The van der Waals surface area contributed by atoms with Crippen LogP contribution in [0.3, 0.4) is 0 Å². The standard InChI is InChI=1S/C16H9F2NO2/c17-12-7-6-11(13(18)9-12)8-14-16(20)21-15(19-14)10-4-2-1-3-5-10/h1-9H/b14-8+. The molecular weight excluding hydrogens is 276 g/mol. The molecule has 2 aromatic rings. The second kappa shape index (κ2) is 5.28. The van der Waals surface area contributed by atoms with Gasteiger partial charge < -0.3 is 4.74 Å². The molecular formula is C16H9F2NO2. The summed E-state index contributed by atoms with van der Waals surface area (Å²) in [5.41, 5.74) is 0.689. The molecule has 5 heteroatoms. The Balaban J connectivity index is 1.97. The second-order valence-corrected chi connectivity index (χ2v) is 4.37. The fourth-order valence-electron chi connectivity index (χ4n) is 1.88. The van der Waals surface area contributed by atoms with Crippen molar-refractivity contribution in [3.05, 3.63) is 77.0 Å². The number of esters is 1. The maximum absolute atomic E-state index is 13.6. The quantitative estimate of drug-likeness (QED) is 0.627. The molecule has 21 heavy (non-hydrogen) atoms. The van der Waals surface area contributed by atoms with E-state index in [1.807, 2.05) is 6.07 Å². The molecule has 0 aromatic heterocycles. The predicted octanol–water partition coefficient (Wildman–Crippen LogP) is 3.31. The van der Waals surface area contributed by atoms with Gasteiger partial charge in [0.1, 0.15) is 11.6 Å². The van der Waals surface area contributed by atoms with Crippen molar-refractivity contribution < 1.29 is 18.3 Å². The van der Waals surface area contributed by atoms with E-state index in [4.69, 9.17) is 4.74 Å². The normalized spacial score (nSPS) is 16.0. The Hall–Kier alpha value is -2.82. The van der Waals surface area contributed by atoms with Crippen LogP contribution in [0.2, 0.25) is 0 Å². The van der Waals surface area contributed by atoms with Crippen molar-refractivity contribution in [1.82, 2.24) is 0 Å². The van der Waals surface area contributed by atoms with Crippen molar-refractivity contribution >= 4 is 17.9 Å². The Bertz CT molecular complexity index is 767. The minimum Gasteiger partial charge on any atom is -0.402 e. The fourth-order valence-corrected chi connectivity index (χ4v) is 1.88. The van der Waals surface area contributed by atoms with Crippen LogP contribution in [0.1, 0.15) is 11.1 Å². The third-order valence-electron chi connectivity index (χ3n) is 2.90. The maximum atomic E-state index is 13.6. The summed E-state index contributed by atoms with van der Waals surface area (Å²) in [7, 11) is 0. The lowest BCUT2D eigenvalue weighted by molar-refractivity contribution is -0.129. The number of nitrogens with zero attached hydrogens (tertiary/aromatic N) is 1. The zero-order valence-corrected chi connectivity index (χ0v) is 10.7. The van der Waals surface area contributed by atoms with Crippen LogP contribution in [-0.2, 0) is 9.53 Å². The van der Waals surface area contributed by atoms with Crippen LogP contribution >= 0.6 is 0 Å². The summed E-state index contributed by atoms with van der Waals surface area (Å²) in [4.78, 5) is 15.8. The molecule has 104 valence electrons. The van der Waals surface area contributed by atoms with E-state index in [1.165, 1.54) is 12.1 Å². The molecule has 3 nitrogen and oxygen atoms in total. The Morgan fingerprint density at radius 3 is 2.52 bits per heavy atom. The van der Waals surface area contributed by atoms with Gasteiger partial charge >= 0.3 is 5.97 Å². The molecule has 0 saturated heterocycles. The molecule has 0 N–H and O–H groups in total. The van der Waals surface area contributed by atoms with Gasteiger partial charge in [0.2, 0.25) is 5.90 Å². The highest BCUT2D eigenvalue weighted by Gasteiger charge is 2.24. The minimum atomic E-state index is -0.765. The number of cyclic esters (lactones) is 1. The zero-order valence-electron chi connectivity index (χ0n) is 10.7. The summed E-state index contributed by atoms with van der Waals surface area (Å²) in [6, 6.07) is 12.0. The van der Waals surface area contributed by atoms with Crippen LogP contribution in [0.15, 0.2) is 59.2 Å². The van der Waals surface area contributed by atoms with Crippen molar-refractivity contribution in [3.8, 4) is 0 Å². The Labute approximate surface area is 119 Å². The van der Waals surface area contributed by atoms with E-state index in [1.54, 1.807) is 24.3 Å². The molecule has 0 atom stereocenters. The SMILES string of the molecule is O=C1OC(c2ccccc2)=N/C1=C/c1ccc(F)cc1F. The van der Waals surface area contributed by atoms with E-state index in [9.17, 15) is 13.6 Å². The lowest BCUT2D eigenvalue weighted by Crippen LogP contribution is -2.05. The molecule has 0 bridgehead atoms. The third kappa shape index (κ3) is 2.72. The van der Waals surface area contributed by atoms with Gasteiger partial charge in [0.05, 0.1) is 0 Å². The smallest absolute Gasteiger partial charge is 0.363 e. The van der Waals surface area contributed by atoms with Gasteiger partial charge in [0, 0.05) is 17.2 Å². The summed E-state index contributed by atoms with van der Waals surface area (Å²) < 4.78 is 31.4. The molecule has 1 heterocycles. The number of rotatable bonds is 2. The van der Waals surface area contributed by atoms with E-state index in [-0.39, 0.29) is 17.2 Å². The summed E-state index contributed by atoms with van der Waals surface area (Å²) in [6.45, 7) is 0. The maximum Gasteiger partial charge on any atom is 0.363 e. The van der Waals surface area contributed by atoms with Crippen LogP contribution in [-0.4, -0.2) is 11.9 Å². The lowest BCUT2D eigenvalue weighted by Gasteiger charge is -1.97. The van der Waals surface area contributed by atoms with Gasteiger partial charge in [-0.25, -0.2) is 18.6 Å². The zero-order chi connectivity index (χ0) is 14.8. The van der Waals surface area contributed by atoms with Crippen LogP contribution in [0.4, 0.5) is 8.78 Å². The fraction of sp³-hybridized carbons (Fsp3) is 0. The Kier molecular flexibility index (Phi) is 3.31. The van der Waals surface area contributed by atoms with Crippen molar-refractivity contribution in [3.63, 3.8) is 0 Å². The van der Waals surface area contributed by atoms with E-state index < -0.39 is 17.6 Å². The number of hydrogen-bond donors (Lipinski definition) is 0. The first-order valence-electron chi connectivity index (χ1n) is 6.16. The molecule has 0 saturated carbocycles. The van der Waals surface area contributed by atoms with Gasteiger partial charge in [-0.05, 0) is 30.3 Å². The van der Waals surface area contributed by atoms with E-state index >= 15 is 0 Å². The molecule has 0 fully saturated rings. The summed E-state index contributed by atoms with van der Waals surface area (Å²) in [6.07, 6.45) is 1.23. The summed E-state index contributed by atoms with van der Waals surface area (Å²) in [5, 5.41) is 0. The van der Waals surface area contributed by atoms with Crippen molar-refractivity contribution in [2.24, 2.45) is 4.99 Å². The molecule has 3 rings (SSSR count). The summed E-state index contributed by atoms with van der Waals surface area (Å²) in [5.74, 6) is -1.96. The number of carbonyl (C=O) groups excluding carboxylic acids is 1. The van der Waals surface area contributed by atoms with Crippen molar-refractivity contribution in [2.75, 3.05) is 0 Å². The van der Waals surface area contributed by atoms with E-state index in [0.717, 1.165) is 12.1 Å². The average molecular weight is 285 g/mol. The number of halogens is 2. The highest BCUT2D eigenvalue weighted by molar-refractivity contribution is 6.12. The third-order valence-corrected chi connectivity index (χ3v) is 2.90. The highest BCUT2D eigenvalue weighted by atomic mass is 19.1. The van der Waals surface area contributed by atoms with Crippen molar-refractivity contribution in [2.45, 2.75) is 0 Å². The molecule has 1 aliphatic heterocycles. The van der Waals surface area contributed by atoms with Crippen LogP contribution in [0.25, 0.3) is 6.08 Å². The van der Waals surface area contributed by atoms with Crippen LogP contribution in [0.5, 0.6) is 0 Å². The van der Waals surface area contributed by atoms with Gasteiger partial charge in [-0.2, -0.15) is 0 Å². The Morgan fingerprint density at radius 1 is 1.05 bits per heavy atom. The number of aliphatic imine (C=N–C) groups is 1. The lowest BCUT2D eigenvalue weighted by atomic mass is 10.2. The Morgan fingerprint density at radius 2 is 1.81 bits per heavy atom. The number of carbonyl (C=O) groups is 1. The number of hydrogen-bond acceptors (Lipinski definition) is 3. The van der Waals surface area contributed by atoms with Gasteiger partial charge in [0.25, 0.3) is 0 Å². The number of benzene rings is 2. The first kappa shape index (κ1) is 13.2.